The van der Waals surface area contributed by atoms with Crippen molar-refractivity contribution in [2.24, 2.45) is 0 Å². The minimum atomic E-state index is 0.250. The number of rotatable bonds is 3. The molecular weight excluding hydrogens is 253 g/mol. The highest BCUT2D eigenvalue weighted by Gasteiger charge is 2.39. The molecule has 3 heteroatoms. The third kappa shape index (κ3) is 1.94. The van der Waals surface area contributed by atoms with Crippen LogP contribution in [0.2, 0.25) is 10.0 Å². The molecule has 2 rings (SSSR count). The summed E-state index contributed by atoms with van der Waals surface area (Å²) in [4.78, 5) is 2.41. The van der Waals surface area contributed by atoms with Crippen molar-refractivity contribution in [1.29, 1.82) is 0 Å². The zero-order valence-corrected chi connectivity index (χ0v) is 12.2. The quantitative estimate of drug-likeness (QED) is 0.757. The van der Waals surface area contributed by atoms with Gasteiger partial charge in [-0.05, 0) is 37.5 Å². The Morgan fingerprint density at radius 2 is 1.71 bits per heavy atom. The van der Waals surface area contributed by atoms with Gasteiger partial charge in [0.25, 0.3) is 0 Å². The van der Waals surface area contributed by atoms with Gasteiger partial charge in [0.1, 0.15) is 0 Å². The Labute approximate surface area is 114 Å². The smallest absolute Gasteiger partial charge is 0.0613 e. The van der Waals surface area contributed by atoms with Gasteiger partial charge in [0.05, 0.1) is 10.0 Å². The van der Waals surface area contributed by atoms with E-state index >= 15 is 0 Å². The number of hydrogen-bond acceptors (Lipinski definition) is 1. The number of halogens is 2. The molecule has 0 unspecified atom stereocenters. The van der Waals surface area contributed by atoms with E-state index in [4.69, 9.17) is 23.2 Å². The van der Waals surface area contributed by atoms with Gasteiger partial charge in [-0.3, -0.25) is 0 Å². The van der Waals surface area contributed by atoms with Gasteiger partial charge in [-0.25, -0.2) is 0 Å². The van der Waals surface area contributed by atoms with Crippen molar-refractivity contribution in [3.63, 3.8) is 0 Å². The Kier molecular flexibility index (Phi) is 3.61. The zero-order valence-electron chi connectivity index (χ0n) is 10.7. The maximum Gasteiger partial charge on any atom is 0.0613 e. The minimum Gasteiger partial charge on any atom is -0.371 e. The van der Waals surface area contributed by atoms with E-state index in [1.807, 2.05) is 6.07 Å². The number of hydrogen-bond donors (Lipinski definition) is 0. The minimum absolute atomic E-state index is 0.250. The molecule has 1 aliphatic heterocycles. The number of benzene rings is 1. The van der Waals surface area contributed by atoms with Gasteiger partial charge >= 0.3 is 0 Å². The second kappa shape index (κ2) is 4.70. The van der Waals surface area contributed by atoms with E-state index in [0.717, 1.165) is 25.9 Å². The Hall–Kier alpha value is -0.400. The highest BCUT2D eigenvalue weighted by molar-refractivity contribution is 6.42. The van der Waals surface area contributed by atoms with Crippen LogP contribution in [-0.4, -0.2) is 13.1 Å². The zero-order chi connectivity index (χ0) is 12.6. The second-order valence-corrected chi connectivity index (χ2v) is 5.60. The lowest BCUT2D eigenvalue weighted by atomic mass is 9.78. The van der Waals surface area contributed by atoms with Crippen molar-refractivity contribution in [3.8, 4) is 0 Å². The van der Waals surface area contributed by atoms with E-state index in [0.29, 0.717) is 10.0 Å². The molecule has 17 heavy (non-hydrogen) atoms. The molecule has 1 nitrogen and oxygen atoms in total. The topological polar surface area (TPSA) is 3.24 Å². The molecule has 1 aliphatic rings. The highest BCUT2D eigenvalue weighted by atomic mass is 35.5. The third-order valence-electron chi connectivity index (χ3n) is 4.18. The normalized spacial score (nSPS) is 17.4. The van der Waals surface area contributed by atoms with Crippen LogP contribution in [0.15, 0.2) is 12.1 Å². The molecule has 1 aromatic carbocycles. The van der Waals surface area contributed by atoms with E-state index in [1.165, 1.54) is 11.3 Å². The van der Waals surface area contributed by atoms with Crippen LogP contribution < -0.4 is 4.90 Å². The van der Waals surface area contributed by atoms with Crippen LogP contribution in [0, 0.1) is 0 Å². The van der Waals surface area contributed by atoms with Crippen molar-refractivity contribution in [2.75, 3.05) is 18.0 Å². The van der Waals surface area contributed by atoms with E-state index in [-0.39, 0.29) is 5.41 Å². The summed E-state index contributed by atoms with van der Waals surface area (Å²) in [6.07, 6.45) is 2.29. The van der Waals surface area contributed by atoms with Crippen LogP contribution in [0.3, 0.4) is 0 Å². The first-order valence-corrected chi connectivity index (χ1v) is 7.08. The van der Waals surface area contributed by atoms with Crippen LogP contribution in [0.25, 0.3) is 0 Å². The molecule has 1 aromatic rings. The van der Waals surface area contributed by atoms with Crippen molar-refractivity contribution in [2.45, 2.75) is 39.0 Å². The van der Waals surface area contributed by atoms with Gasteiger partial charge in [0.2, 0.25) is 0 Å². The molecule has 0 atom stereocenters. The summed E-state index contributed by atoms with van der Waals surface area (Å²) in [6.45, 7) is 8.81. The summed E-state index contributed by atoms with van der Waals surface area (Å²) < 4.78 is 0. The van der Waals surface area contributed by atoms with E-state index in [9.17, 15) is 0 Å². The number of fused-ring (bicyclic) bond motifs is 1. The molecule has 0 radical (unpaired) electrons. The average Bonchev–Trinajstić information content (AvgIpc) is 2.64. The second-order valence-electron chi connectivity index (χ2n) is 4.79. The lowest BCUT2D eigenvalue weighted by Crippen LogP contribution is -2.32. The number of anilines is 1. The first kappa shape index (κ1) is 13.0. The lowest BCUT2D eigenvalue weighted by molar-refractivity contribution is 0.421. The average molecular weight is 272 g/mol. The van der Waals surface area contributed by atoms with Crippen LogP contribution in [-0.2, 0) is 5.41 Å². The molecule has 0 fully saturated rings. The van der Waals surface area contributed by atoms with Gasteiger partial charge < -0.3 is 4.90 Å². The fourth-order valence-electron chi connectivity index (χ4n) is 2.90. The summed E-state index contributed by atoms with van der Waals surface area (Å²) in [6, 6.07) is 4.09. The van der Waals surface area contributed by atoms with Crippen molar-refractivity contribution >= 4 is 28.9 Å². The molecule has 0 saturated carbocycles. The Morgan fingerprint density at radius 3 is 2.24 bits per heavy atom. The molecule has 0 saturated heterocycles. The summed E-state index contributed by atoms with van der Waals surface area (Å²) in [5, 5.41) is 1.33. The molecule has 0 spiro atoms. The van der Waals surface area contributed by atoms with Gasteiger partial charge in [-0.2, -0.15) is 0 Å². The van der Waals surface area contributed by atoms with E-state index in [2.05, 4.69) is 31.7 Å². The Balaban J connectivity index is 2.60. The maximum absolute atomic E-state index is 6.17. The van der Waals surface area contributed by atoms with Gasteiger partial charge in [0, 0.05) is 24.2 Å². The predicted molar refractivity (Wildman–Crippen MR) is 76.6 cm³/mol. The Bertz CT molecular complexity index is 424. The number of likely N-dealkylation sites (N-methyl/N-ethyl adjacent to an activating group) is 1. The Morgan fingerprint density at radius 1 is 1.12 bits per heavy atom. The third-order valence-corrected chi connectivity index (χ3v) is 4.90. The van der Waals surface area contributed by atoms with Crippen LogP contribution in [0.4, 0.5) is 5.69 Å². The molecule has 0 aliphatic carbocycles. The van der Waals surface area contributed by atoms with Crippen LogP contribution >= 0.6 is 23.2 Å². The van der Waals surface area contributed by atoms with Gasteiger partial charge in [0.15, 0.2) is 0 Å². The first-order chi connectivity index (χ1) is 8.07. The first-order valence-electron chi connectivity index (χ1n) is 6.32. The maximum atomic E-state index is 6.17. The van der Waals surface area contributed by atoms with E-state index < -0.39 is 0 Å². The van der Waals surface area contributed by atoms with Crippen LogP contribution in [0.5, 0.6) is 0 Å². The molecule has 0 amide bonds. The molecule has 94 valence electrons. The van der Waals surface area contributed by atoms with Crippen molar-refractivity contribution < 1.29 is 0 Å². The summed E-state index contributed by atoms with van der Waals surface area (Å²) in [5.74, 6) is 0. The molecule has 1 heterocycles. The largest absolute Gasteiger partial charge is 0.371 e. The molecule has 0 N–H and O–H groups in total. The van der Waals surface area contributed by atoms with E-state index in [1.54, 1.807) is 0 Å². The van der Waals surface area contributed by atoms with Crippen molar-refractivity contribution in [3.05, 3.63) is 27.7 Å². The summed E-state index contributed by atoms with van der Waals surface area (Å²) in [5.41, 5.74) is 2.89. The fourth-order valence-corrected chi connectivity index (χ4v) is 3.22. The standard InChI is InChI=1S/C14H19Cl2N/c1-4-14(5-2)9-17(6-3)13-8-12(16)11(15)7-10(13)14/h7-8H,4-6,9H2,1-3H3. The monoisotopic (exact) mass is 271 g/mol. The predicted octanol–water partition coefficient (Wildman–Crippen LogP) is 4.89. The lowest BCUT2D eigenvalue weighted by Gasteiger charge is -2.28. The highest BCUT2D eigenvalue weighted by Crippen LogP contribution is 2.47. The van der Waals surface area contributed by atoms with Gasteiger partial charge in [-0.1, -0.05) is 37.0 Å². The van der Waals surface area contributed by atoms with Gasteiger partial charge in [-0.15, -0.1) is 0 Å². The fraction of sp³-hybridized carbons (Fsp3) is 0.571. The van der Waals surface area contributed by atoms with Crippen molar-refractivity contribution in [1.82, 2.24) is 0 Å². The SMILES string of the molecule is CCN1CC(CC)(CC)c2cc(Cl)c(Cl)cc21. The number of nitrogens with zero attached hydrogens (tertiary/aromatic N) is 1. The molecule has 0 aromatic heterocycles. The molecule has 0 bridgehead atoms. The summed E-state index contributed by atoms with van der Waals surface area (Å²) in [7, 11) is 0. The molecular formula is C14H19Cl2N. The summed E-state index contributed by atoms with van der Waals surface area (Å²) >= 11 is 12.3. The van der Waals surface area contributed by atoms with Crippen LogP contribution in [0.1, 0.15) is 39.2 Å².